The van der Waals surface area contributed by atoms with Crippen LogP contribution in [-0.2, 0) is 34.3 Å². The van der Waals surface area contributed by atoms with Crippen molar-refractivity contribution in [2.45, 2.75) is 39.5 Å². The number of benzene rings is 2. The number of sulfonamides is 1. The van der Waals surface area contributed by atoms with Crippen LogP contribution in [0.15, 0.2) is 42.5 Å². The van der Waals surface area contributed by atoms with Gasteiger partial charge in [0.1, 0.15) is 24.7 Å². The molecule has 9 heteroatoms. The van der Waals surface area contributed by atoms with E-state index in [4.69, 9.17) is 14.2 Å². The number of nitrogens with one attached hydrogen (secondary N) is 1. The lowest BCUT2D eigenvalue weighted by Crippen LogP contribution is -2.35. The molecular weight excluding hydrogens is 432 g/mol. The average Bonchev–Trinajstić information content (AvgIpc) is 2.74. The second-order valence-electron chi connectivity index (χ2n) is 7.93. The summed E-state index contributed by atoms with van der Waals surface area (Å²) in [6.07, 6.45) is 1.32. The first-order chi connectivity index (χ1) is 15.2. The standard InChI is InChI=1S/C23H30N2O6S/c1-17(2)31-23(26)24-15-18-4-7-21(8-5-18)29-12-13-30-22-9-6-20-16-25(32(3,27)28)11-10-19(20)14-22/h4-9,14,17H,10-13,15-16H2,1-3H3,(H,24,26). The maximum atomic E-state index is 11.7. The molecule has 0 saturated heterocycles. The van der Waals surface area contributed by atoms with Crippen LogP contribution < -0.4 is 14.8 Å². The van der Waals surface area contributed by atoms with Crippen molar-refractivity contribution in [1.82, 2.24) is 9.62 Å². The Kier molecular flexibility index (Phi) is 7.98. The van der Waals surface area contributed by atoms with E-state index in [0.717, 1.165) is 22.4 Å². The Balaban J connectivity index is 1.40. The molecule has 3 rings (SSSR count). The van der Waals surface area contributed by atoms with Gasteiger partial charge in [0.05, 0.1) is 12.4 Å². The smallest absolute Gasteiger partial charge is 0.407 e. The van der Waals surface area contributed by atoms with Crippen molar-refractivity contribution in [3.63, 3.8) is 0 Å². The topological polar surface area (TPSA) is 94.2 Å². The van der Waals surface area contributed by atoms with Gasteiger partial charge < -0.3 is 19.5 Å². The Morgan fingerprint density at radius 2 is 1.69 bits per heavy atom. The summed E-state index contributed by atoms with van der Waals surface area (Å²) in [5.74, 6) is 1.46. The number of fused-ring (bicyclic) bond motifs is 1. The Labute approximate surface area is 189 Å². The molecule has 0 saturated carbocycles. The highest BCUT2D eigenvalue weighted by atomic mass is 32.2. The van der Waals surface area contributed by atoms with Crippen molar-refractivity contribution in [1.29, 1.82) is 0 Å². The molecule has 1 aliphatic heterocycles. The third kappa shape index (κ3) is 7.13. The van der Waals surface area contributed by atoms with Crippen molar-refractivity contribution in [2.24, 2.45) is 0 Å². The summed E-state index contributed by atoms with van der Waals surface area (Å²) in [4.78, 5) is 11.5. The number of nitrogens with zero attached hydrogens (tertiary/aromatic N) is 1. The van der Waals surface area contributed by atoms with E-state index in [2.05, 4.69) is 5.32 Å². The highest BCUT2D eigenvalue weighted by Gasteiger charge is 2.23. The van der Waals surface area contributed by atoms with E-state index in [1.807, 2.05) is 42.5 Å². The molecule has 0 atom stereocenters. The third-order valence-corrected chi connectivity index (χ3v) is 6.20. The lowest BCUT2D eigenvalue weighted by atomic mass is 10.0. The lowest BCUT2D eigenvalue weighted by Gasteiger charge is -2.27. The molecule has 1 amide bonds. The maximum Gasteiger partial charge on any atom is 0.407 e. The Bertz CT molecular complexity index is 1020. The second-order valence-corrected chi connectivity index (χ2v) is 9.91. The van der Waals surface area contributed by atoms with Gasteiger partial charge >= 0.3 is 6.09 Å². The average molecular weight is 463 g/mol. The zero-order valence-electron chi connectivity index (χ0n) is 18.7. The zero-order chi connectivity index (χ0) is 23.1. The molecule has 0 spiro atoms. The molecule has 174 valence electrons. The normalized spacial score (nSPS) is 14.0. The Hall–Kier alpha value is -2.78. The van der Waals surface area contributed by atoms with Gasteiger partial charge in [-0.1, -0.05) is 18.2 Å². The first-order valence-corrected chi connectivity index (χ1v) is 12.4. The number of rotatable bonds is 9. The number of hydrogen-bond acceptors (Lipinski definition) is 6. The van der Waals surface area contributed by atoms with Crippen molar-refractivity contribution in [3.8, 4) is 11.5 Å². The van der Waals surface area contributed by atoms with Gasteiger partial charge in [0.25, 0.3) is 0 Å². The third-order valence-electron chi connectivity index (χ3n) is 4.95. The van der Waals surface area contributed by atoms with Crippen molar-refractivity contribution < 1.29 is 27.4 Å². The minimum atomic E-state index is -3.18. The van der Waals surface area contributed by atoms with E-state index in [1.165, 1.54) is 10.6 Å². The largest absolute Gasteiger partial charge is 0.490 e. The molecule has 0 unspecified atom stereocenters. The van der Waals surface area contributed by atoms with E-state index in [0.29, 0.717) is 45.0 Å². The fourth-order valence-corrected chi connectivity index (χ4v) is 4.13. The summed E-state index contributed by atoms with van der Waals surface area (Å²) >= 11 is 0. The number of amides is 1. The monoisotopic (exact) mass is 462 g/mol. The highest BCUT2D eigenvalue weighted by molar-refractivity contribution is 7.88. The molecule has 2 aromatic carbocycles. The van der Waals surface area contributed by atoms with Crippen LogP contribution in [0, 0.1) is 0 Å². The molecule has 1 heterocycles. The molecule has 0 aromatic heterocycles. The maximum absolute atomic E-state index is 11.7. The first-order valence-electron chi connectivity index (χ1n) is 10.6. The zero-order valence-corrected chi connectivity index (χ0v) is 19.5. The summed E-state index contributed by atoms with van der Waals surface area (Å²) in [5, 5.41) is 2.70. The summed E-state index contributed by atoms with van der Waals surface area (Å²) in [6.45, 7) is 5.65. The Morgan fingerprint density at radius 3 is 2.34 bits per heavy atom. The van der Waals surface area contributed by atoms with Crippen LogP contribution in [0.25, 0.3) is 0 Å². The predicted octanol–water partition coefficient (Wildman–Crippen LogP) is 3.10. The van der Waals surface area contributed by atoms with Crippen LogP contribution in [0.1, 0.15) is 30.5 Å². The summed E-state index contributed by atoms with van der Waals surface area (Å²) in [7, 11) is -3.18. The molecule has 8 nitrogen and oxygen atoms in total. The van der Waals surface area contributed by atoms with Gasteiger partial charge in [-0.2, -0.15) is 4.31 Å². The van der Waals surface area contributed by atoms with Gasteiger partial charge in [-0.3, -0.25) is 0 Å². The fourth-order valence-electron chi connectivity index (χ4n) is 3.33. The minimum Gasteiger partial charge on any atom is -0.490 e. The van der Waals surface area contributed by atoms with Crippen LogP contribution in [0.5, 0.6) is 11.5 Å². The summed E-state index contributed by atoms with van der Waals surface area (Å²) in [6, 6.07) is 13.2. The minimum absolute atomic E-state index is 0.153. The Morgan fingerprint density at radius 1 is 1.03 bits per heavy atom. The number of hydrogen-bond donors (Lipinski definition) is 1. The fraction of sp³-hybridized carbons (Fsp3) is 0.435. The second kappa shape index (κ2) is 10.7. The van der Waals surface area contributed by atoms with Gasteiger partial charge in [0.2, 0.25) is 10.0 Å². The molecule has 1 aliphatic rings. The van der Waals surface area contributed by atoms with E-state index >= 15 is 0 Å². The van der Waals surface area contributed by atoms with E-state index in [9.17, 15) is 13.2 Å². The van der Waals surface area contributed by atoms with Crippen LogP contribution in [0.2, 0.25) is 0 Å². The predicted molar refractivity (Wildman–Crippen MR) is 121 cm³/mol. The first kappa shape index (κ1) is 23.9. The lowest BCUT2D eigenvalue weighted by molar-refractivity contribution is 0.115. The van der Waals surface area contributed by atoms with Gasteiger partial charge in [-0.25, -0.2) is 13.2 Å². The molecule has 1 N–H and O–H groups in total. The number of carbonyl (C=O) groups is 1. The quantitative estimate of drug-likeness (QED) is 0.576. The van der Waals surface area contributed by atoms with Crippen molar-refractivity contribution in [2.75, 3.05) is 26.0 Å². The molecule has 0 bridgehead atoms. The van der Waals surface area contributed by atoms with Gasteiger partial charge in [0, 0.05) is 19.6 Å². The van der Waals surface area contributed by atoms with Crippen LogP contribution in [-0.4, -0.2) is 50.9 Å². The van der Waals surface area contributed by atoms with Crippen molar-refractivity contribution in [3.05, 3.63) is 59.2 Å². The summed E-state index contributed by atoms with van der Waals surface area (Å²) in [5.41, 5.74) is 3.07. The van der Waals surface area contributed by atoms with E-state index in [1.54, 1.807) is 13.8 Å². The molecular formula is C23H30N2O6S. The molecule has 0 radical (unpaired) electrons. The molecule has 32 heavy (non-hydrogen) atoms. The SMILES string of the molecule is CC(C)OC(=O)NCc1ccc(OCCOc2ccc3c(c2)CCN(S(C)(=O)=O)C3)cc1. The van der Waals surface area contributed by atoms with Gasteiger partial charge in [-0.15, -0.1) is 0 Å². The van der Waals surface area contributed by atoms with Crippen LogP contribution in [0.3, 0.4) is 0 Å². The van der Waals surface area contributed by atoms with Gasteiger partial charge in [-0.05, 0) is 61.2 Å². The summed E-state index contributed by atoms with van der Waals surface area (Å²) < 4.78 is 41.5. The number of carbonyl (C=O) groups excluding carboxylic acids is 1. The van der Waals surface area contributed by atoms with E-state index in [-0.39, 0.29) is 6.10 Å². The van der Waals surface area contributed by atoms with Crippen LogP contribution >= 0.6 is 0 Å². The van der Waals surface area contributed by atoms with Crippen molar-refractivity contribution >= 4 is 16.1 Å². The van der Waals surface area contributed by atoms with E-state index < -0.39 is 16.1 Å². The molecule has 0 fully saturated rings. The number of ether oxygens (including phenoxy) is 3. The number of alkyl carbamates (subject to hydrolysis) is 1. The molecule has 2 aromatic rings. The van der Waals surface area contributed by atoms with Crippen LogP contribution in [0.4, 0.5) is 4.79 Å². The molecule has 0 aliphatic carbocycles. The van der Waals surface area contributed by atoms with Gasteiger partial charge in [0.15, 0.2) is 0 Å². The highest BCUT2D eigenvalue weighted by Crippen LogP contribution is 2.25.